The Balaban J connectivity index is 1.51. The summed E-state index contributed by atoms with van der Waals surface area (Å²) in [5.41, 5.74) is 1.30. The number of carbonyl (C=O) groups excluding carboxylic acids is 3. The van der Waals surface area contributed by atoms with E-state index in [2.05, 4.69) is 20.7 Å². The quantitative estimate of drug-likeness (QED) is 0.116. The molecule has 202 valence electrons. The second kappa shape index (κ2) is 12.2. The second-order valence-electron chi connectivity index (χ2n) is 8.00. The lowest BCUT2D eigenvalue weighted by Gasteiger charge is -2.15. The van der Waals surface area contributed by atoms with Crippen molar-refractivity contribution < 1.29 is 37.9 Å². The Labute approximate surface area is 235 Å². The van der Waals surface area contributed by atoms with E-state index in [-0.39, 0.29) is 35.3 Å². The maximum Gasteiger partial charge on any atom is 0.373 e. The predicted octanol–water partition coefficient (Wildman–Crippen LogP) is 5.95. The minimum Gasteiger partial charge on any atom is -0.490 e. The normalized spacial score (nSPS) is 14.1. The number of esters is 1. The van der Waals surface area contributed by atoms with Gasteiger partial charge in [-0.3, -0.25) is 24.6 Å². The van der Waals surface area contributed by atoms with Crippen LogP contribution in [0.5, 0.6) is 11.5 Å². The molecule has 0 N–H and O–H groups in total. The Hall–Kier alpha value is -4.10. The number of non-ortho nitro benzene ring substituents is 1. The van der Waals surface area contributed by atoms with Gasteiger partial charge in [-0.05, 0) is 88.2 Å². The summed E-state index contributed by atoms with van der Waals surface area (Å²) in [6, 6.07) is 12.3. The molecule has 2 amide bonds. The fourth-order valence-corrected chi connectivity index (χ4v) is 4.97. The van der Waals surface area contributed by atoms with Crippen LogP contribution in [0.25, 0.3) is 6.08 Å². The number of imide groups is 1. The highest BCUT2D eigenvalue weighted by Crippen LogP contribution is 2.40. The molecule has 0 saturated carbocycles. The van der Waals surface area contributed by atoms with Crippen LogP contribution in [-0.4, -0.2) is 40.7 Å². The molecule has 4 rings (SSSR count). The molecule has 0 unspecified atom stereocenters. The van der Waals surface area contributed by atoms with Crippen LogP contribution in [0.15, 0.2) is 62.3 Å². The number of nitro benzene ring substituents is 1. The minimum absolute atomic E-state index is 0.0150. The van der Waals surface area contributed by atoms with E-state index in [0.29, 0.717) is 28.1 Å². The van der Waals surface area contributed by atoms with Gasteiger partial charge in [0.25, 0.3) is 16.8 Å². The van der Waals surface area contributed by atoms with Gasteiger partial charge in [-0.2, -0.15) is 0 Å². The summed E-state index contributed by atoms with van der Waals surface area (Å²) >= 11 is 4.27. The number of ether oxygens (including phenoxy) is 3. The van der Waals surface area contributed by atoms with Crippen molar-refractivity contribution in [2.45, 2.75) is 20.1 Å². The van der Waals surface area contributed by atoms with E-state index in [4.69, 9.17) is 13.9 Å². The number of amides is 2. The average Bonchev–Trinajstić information content (AvgIpc) is 3.48. The highest BCUT2D eigenvalue weighted by atomic mass is 79.9. The van der Waals surface area contributed by atoms with E-state index in [1.165, 1.54) is 31.4 Å². The average molecular weight is 617 g/mol. The molecular weight excluding hydrogens is 596 g/mol. The van der Waals surface area contributed by atoms with Crippen molar-refractivity contribution in [3.8, 4) is 11.5 Å². The van der Waals surface area contributed by atoms with Gasteiger partial charge >= 0.3 is 5.97 Å². The van der Waals surface area contributed by atoms with Crippen LogP contribution in [0.3, 0.4) is 0 Å². The zero-order valence-electron chi connectivity index (χ0n) is 20.7. The lowest BCUT2D eigenvalue weighted by atomic mass is 10.1. The molecule has 0 bridgehead atoms. The molecule has 2 heterocycles. The molecule has 1 saturated heterocycles. The highest BCUT2D eigenvalue weighted by molar-refractivity contribution is 9.10. The SMILES string of the molecule is CCOc1cc(/C=C2/SC(=O)N(Cc3ccc(C(=O)OC)o3)C2=O)cc(Br)c1OCc1ccc([N+](=O)[O-])cc1. The number of carbonyl (C=O) groups is 3. The van der Waals surface area contributed by atoms with Gasteiger partial charge in [0.15, 0.2) is 11.5 Å². The zero-order valence-corrected chi connectivity index (χ0v) is 23.1. The fraction of sp³-hybridized carbons (Fsp3) is 0.192. The smallest absolute Gasteiger partial charge is 0.373 e. The van der Waals surface area contributed by atoms with Gasteiger partial charge in [-0.15, -0.1) is 0 Å². The summed E-state index contributed by atoms with van der Waals surface area (Å²) in [5.74, 6) is -0.112. The van der Waals surface area contributed by atoms with Crippen LogP contribution in [0.1, 0.15) is 34.4 Å². The molecular formula is C26H21BrN2O9S. The molecule has 0 atom stereocenters. The number of rotatable bonds is 10. The molecule has 0 aliphatic carbocycles. The Bertz CT molecular complexity index is 1470. The number of thioether (sulfide) groups is 1. The Morgan fingerprint density at radius 3 is 2.56 bits per heavy atom. The molecule has 0 radical (unpaired) electrons. The maximum absolute atomic E-state index is 13.0. The number of methoxy groups -OCH3 is 1. The summed E-state index contributed by atoms with van der Waals surface area (Å²) in [6.07, 6.45) is 1.57. The molecule has 1 aliphatic rings. The van der Waals surface area contributed by atoms with Crippen molar-refractivity contribution in [3.05, 3.63) is 90.7 Å². The lowest BCUT2D eigenvalue weighted by molar-refractivity contribution is -0.384. The number of hydrogen-bond acceptors (Lipinski definition) is 10. The van der Waals surface area contributed by atoms with E-state index in [1.54, 1.807) is 30.3 Å². The summed E-state index contributed by atoms with van der Waals surface area (Å²) in [4.78, 5) is 48.8. The van der Waals surface area contributed by atoms with Crippen molar-refractivity contribution in [1.29, 1.82) is 0 Å². The molecule has 0 spiro atoms. The molecule has 1 aliphatic heterocycles. The first-order chi connectivity index (χ1) is 18.7. The van der Waals surface area contributed by atoms with E-state index < -0.39 is 22.0 Å². The Morgan fingerprint density at radius 2 is 1.90 bits per heavy atom. The monoisotopic (exact) mass is 616 g/mol. The van der Waals surface area contributed by atoms with Crippen LogP contribution < -0.4 is 9.47 Å². The first-order valence-corrected chi connectivity index (χ1v) is 13.1. The second-order valence-corrected chi connectivity index (χ2v) is 9.85. The third-order valence-electron chi connectivity index (χ3n) is 5.40. The molecule has 1 fully saturated rings. The van der Waals surface area contributed by atoms with Gasteiger partial charge in [-0.1, -0.05) is 0 Å². The van der Waals surface area contributed by atoms with Crippen LogP contribution in [0, 0.1) is 10.1 Å². The molecule has 3 aromatic rings. The first kappa shape index (κ1) is 27.9. The highest BCUT2D eigenvalue weighted by Gasteiger charge is 2.36. The van der Waals surface area contributed by atoms with Crippen molar-refractivity contribution >= 4 is 56.6 Å². The van der Waals surface area contributed by atoms with Gasteiger partial charge in [0.1, 0.15) is 12.4 Å². The van der Waals surface area contributed by atoms with Crippen LogP contribution in [0.2, 0.25) is 0 Å². The van der Waals surface area contributed by atoms with E-state index in [9.17, 15) is 24.5 Å². The molecule has 13 heteroatoms. The van der Waals surface area contributed by atoms with Gasteiger partial charge in [0, 0.05) is 12.1 Å². The van der Waals surface area contributed by atoms with E-state index >= 15 is 0 Å². The molecule has 1 aromatic heterocycles. The number of nitro groups is 1. The summed E-state index contributed by atoms with van der Waals surface area (Å²) in [7, 11) is 1.22. The fourth-order valence-electron chi connectivity index (χ4n) is 3.56. The van der Waals surface area contributed by atoms with Crippen LogP contribution >= 0.6 is 27.7 Å². The Morgan fingerprint density at radius 1 is 1.15 bits per heavy atom. The first-order valence-electron chi connectivity index (χ1n) is 11.4. The molecule has 11 nitrogen and oxygen atoms in total. The number of nitrogens with zero attached hydrogens (tertiary/aromatic N) is 2. The van der Waals surface area contributed by atoms with Gasteiger partial charge in [0.2, 0.25) is 5.76 Å². The third kappa shape index (κ3) is 6.49. The standard InChI is InChI=1S/C26H21BrN2O9S/c1-3-36-21-11-16(10-19(27)23(21)37-14-15-4-6-17(7-5-15)29(33)34)12-22-24(30)28(26(32)39-22)13-18-8-9-20(38-18)25(31)35-2/h4-12H,3,13-14H2,1-2H3/b22-12+. The number of benzene rings is 2. The lowest BCUT2D eigenvalue weighted by Crippen LogP contribution is -2.27. The van der Waals surface area contributed by atoms with E-state index in [0.717, 1.165) is 22.2 Å². The number of halogens is 1. The predicted molar refractivity (Wildman–Crippen MR) is 144 cm³/mol. The molecule has 2 aromatic carbocycles. The summed E-state index contributed by atoms with van der Waals surface area (Å²) in [6.45, 7) is 2.16. The van der Waals surface area contributed by atoms with E-state index in [1.807, 2.05) is 6.92 Å². The Kier molecular flexibility index (Phi) is 8.72. The van der Waals surface area contributed by atoms with Gasteiger partial charge in [-0.25, -0.2) is 4.79 Å². The van der Waals surface area contributed by atoms with Crippen molar-refractivity contribution in [2.75, 3.05) is 13.7 Å². The van der Waals surface area contributed by atoms with Crippen molar-refractivity contribution in [3.63, 3.8) is 0 Å². The largest absolute Gasteiger partial charge is 0.490 e. The number of hydrogen-bond donors (Lipinski definition) is 0. The summed E-state index contributed by atoms with van der Waals surface area (Å²) in [5, 5.41) is 10.4. The third-order valence-corrected chi connectivity index (χ3v) is 6.89. The van der Waals surface area contributed by atoms with Gasteiger partial charge < -0.3 is 18.6 Å². The number of furan rings is 1. The zero-order chi connectivity index (χ0) is 28.1. The molecule has 39 heavy (non-hydrogen) atoms. The van der Waals surface area contributed by atoms with Crippen LogP contribution in [0.4, 0.5) is 10.5 Å². The topological polar surface area (TPSA) is 138 Å². The summed E-state index contributed by atoms with van der Waals surface area (Å²) < 4.78 is 22.2. The van der Waals surface area contributed by atoms with Gasteiger partial charge in [0.05, 0.1) is 34.6 Å². The van der Waals surface area contributed by atoms with Crippen LogP contribution in [-0.2, 0) is 22.7 Å². The van der Waals surface area contributed by atoms with Crippen molar-refractivity contribution in [2.24, 2.45) is 0 Å². The van der Waals surface area contributed by atoms with Crippen molar-refractivity contribution in [1.82, 2.24) is 4.90 Å². The maximum atomic E-state index is 13.0. The minimum atomic E-state index is -0.661.